The summed E-state index contributed by atoms with van der Waals surface area (Å²) in [5.74, 6) is 0.329. The van der Waals surface area contributed by atoms with E-state index in [0.717, 1.165) is 7.11 Å². The van der Waals surface area contributed by atoms with Crippen molar-refractivity contribution in [2.45, 2.75) is 6.92 Å². The summed E-state index contributed by atoms with van der Waals surface area (Å²) in [4.78, 5) is 0. The van der Waals surface area contributed by atoms with Gasteiger partial charge in [-0.25, -0.2) is 0 Å². The van der Waals surface area contributed by atoms with Gasteiger partial charge >= 0.3 is 0 Å². The monoisotopic (exact) mass is 168 g/mol. The van der Waals surface area contributed by atoms with Crippen LogP contribution in [0.4, 0.5) is 0 Å². The molecular weight excluding hydrogens is 152 g/mol. The summed E-state index contributed by atoms with van der Waals surface area (Å²) in [7, 11) is 1.00. The molecule has 2 heteroatoms. The summed E-state index contributed by atoms with van der Waals surface area (Å²) >= 11 is 0. The van der Waals surface area contributed by atoms with Gasteiger partial charge in [0.25, 0.3) is 0 Å². The molecule has 0 spiro atoms. The second-order valence-corrected chi connectivity index (χ2v) is 1.84. The molecule has 0 aliphatic rings. The quantitative estimate of drug-likeness (QED) is 0.582. The summed E-state index contributed by atoms with van der Waals surface area (Å²) in [6, 6.07) is 7.09. The second-order valence-electron chi connectivity index (χ2n) is 1.84. The number of benzene rings is 1. The number of aliphatic hydroxyl groups excluding tert-OH is 1. The topological polar surface area (TPSA) is 40.5 Å². The first-order chi connectivity index (χ1) is 5.79. The van der Waals surface area contributed by atoms with Crippen molar-refractivity contribution in [1.29, 1.82) is 0 Å². The lowest BCUT2D eigenvalue weighted by molar-refractivity contribution is 0.399. The Morgan fingerprint density at radius 1 is 1.00 bits per heavy atom. The minimum atomic E-state index is 0.329. The van der Waals surface area contributed by atoms with E-state index >= 15 is 0 Å². The van der Waals surface area contributed by atoms with Crippen LogP contribution in [0.2, 0.25) is 0 Å². The molecule has 0 fully saturated rings. The lowest BCUT2D eigenvalue weighted by Crippen LogP contribution is -1.66. The van der Waals surface area contributed by atoms with Crippen molar-refractivity contribution in [3.63, 3.8) is 0 Å². The highest BCUT2D eigenvalue weighted by molar-refractivity contribution is 5.24. The molecule has 0 unspecified atom stereocenters. The molecule has 0 saturated heterocycles. The molecule has 2 nitrogen and oxygen atoms in total. The van der Waals surface area contributed by atoms with Crippen molar-refractivity contribution in [3.8, 4) is 5.75 Å². The number of phenols is 1. The molecule has 1 aromatic rings. The van der Waals surface area contributed by atoms with Crippen molar-refractivity contribution in [1.82, 2.24) is 0 Å². The lowest BCUT2D eigenvalue weighted by Gasteiger charge is -1.89. The molecule has 1 rings (SSSR count). The van der Waals surface area contributed by atoms with E-state index in [4.69, 9.17) is 10.2 Å². The molecule has 0 saturated carbocycles. The van der Waals surface area contributed by atoms with Gasteiger partial charge in [-0.2, -0.15) is 0 Å². The van der Waals surface area contributed by atoms with Crippen molar-refractivity contribution in [2.75, 3.05) is 7.11 Å². The summed E-state index contributed by atoms with van der Waals surface area (Å²) in [6.45, 7) is 7.99. The molecule has 0 aromatic heterocycles. The van der Waals surface area contributed by atoms with Crippen LogP contribution in [-0.4, -0.2) is 17.3 Å². The Morgan fingerprint density at radius 2 is 1.33 bits per heavy atom. The molecule has 1 aromatic carbocycles. The third kappa shape index (κ3) is 6.83. The van der Waals surface area contributed by atoms with Crippen molar-refractivity contribution >= 4 is 0 Å². The van der Waals surface area contributed by atoms with Crippen LogP contribution < -0.4 is 0 Å². The Morgan fingerprint density at radius 3 is 1.58 bits per heavy atom. The van der Waals surface area contributed by atoms with Gasteiger partial charge in [-0.05, 0) is 19.1 Å². The highest BCUT2D eigenvalue weighted by Gasteiger charge is 1.82. The standard InChI is InChI=1S/C7H8O.C2H4.CH4O/c1-6-2-4-7(8)5-3-6;2*1-2/h2-5,8H,1H3;1-2H2;2H,1H3. The maximum Gasteiger partial charge on any atom is 0.115 e. The van der Waals surface area contributed by atoms with Gasteiger partial charge in [0, 0.05) is 7.11 Å². The van der Waals surface area contributed by atoms with E-state index in [2.05, 4.69) is 13.2 Å². The van der Waals surface area contributed by atoms with Crippen LogP contribution in [0.1, 0.15) is 5.56 Å². The fraction of sp³-hybridized carbons (Fsp3) is 0.200. The van der Waals surface area contributed by atoms with Gasteiger partial charge in [-0.15, -0.1) is 13.2 Å². The summed E-state index contributed by atoms with van der Waals surface area (Å²) in [6.07, 6.45) is 0. The van der Waals surface area contributed by atoms with Crippen LogP contribution >= 0.6 is 0 Å². The molecule has 0 aliphatic heterocycles. The lowest BCUT2D eigenvalue weighted by atomic mass is 10.2. The van der Waals surface area contributed by atoms with Gasteiger partial charge in [0.2, 0.25) is 0 Å². The van der Waals surface area contributed by atoms with Crippen molar-refractivity contribution in [3.05, 3.63) is 43.0 Å². The molecule has 0 radical (unpaired) electrons. The Balaban J connectivity index is 0. The van der Waals surface area contributed by atoms with Gasteiger partial charge in [0.1, 0.15) is 5.75 Å². The van der Waals surface area contributed by atoms with Gasteiger partial charge in [0.15, 0.2) is 0 Å². The first-order valence-electron chi connectivity index (χ1n) is 3.49. The second kappa shape index (κ2) is 9.72. The van der Waals surface area contributed by atoms with E-state index in [1.165, 1.54) is 5.56 Å². The number of aromatic hydroxyl groups is 1. The van der Waals surface area contributed by atoms with Crippen molar-refractivity contribution < 1.29 is 10.2 Å². The summed E-state index contributed by atoms with van der Waals surface area (Å²) in [5.41, 5.74) is 1.17. The third-order valence-electron chi connectivity index (χ3n) is 1.03. The molecule has 0 aliphatic carbocycles. The van der Waals surface area contributed by atoms with E-state index < -0.39 is 0 Å². The van der Waals surface area contributed by atoms with Crippen LogP contribution in [-0.2, 0) is 0 Å². The van der Waals surface area contributed by atoms with Gasteiger partial charge < -0.3 is 10.2 Å². The van der Waals surface area contributed by atoms with Gasteiger partial charge in [-0.3, -0.25) is 0 Å². The minimum absolute atomic E-state index is 0.329. The number of aliphatic hydroxyl groups is 1. The average Bonchev–Trinajstić information content (AvgIpc) is 2.17. The SMILES string of the molecule is C=C.CO.Cc1ccc(O)cc1. The Hall–Kier alpha value is -1.28. The van der Waals surface area contributed by atoms with Crippen LogP contribution in [0.5, 0.6) is 5.75 Å². The molecular formula is C10H16O2. The predicted molar refractivity (Wildman–Crippen MR) is 52.2 cm³/mol. The Kier molecular flexibility index (Phi) is 10.8. The van der Waals surface area contributed by atoms with Crippen LogP contribution in [0.15, 0.2) is 37.4 Å². The number of phenolic OH excluding ortho intramolecular Hbond substituents is 1. The summed E-state index contributed by atoms with van der Waals surface area (Å²) in [5, 5.41) is 15.8. The number of rotatable bonds is 0. The first-order valence-corrected chi connectivity index (χ1v) is 3.49. The smallest absolute Gasteiger partial charge is 0.115 e. The number of hydrogen-bond donors (Lipinski definition) is 2. The molecule has 0 atom stereocenters. The molecule has 2 N–H and O–H groups in total. The van der Waals surface area contributed by atoms with Crippen LogP contribution in [0, 0.1) is 6.92 Å². The zero-order chi connectivity index (χ0) is 9.98. The molecule has 12 heavy (non-hydrogen) atoms. The Bertz CT molecular complexity index is 159. The Labute approximate surface area is 73.8 Å². The maximum atomic E-state index is 8.76. The van der Waals surface area contributed by atoms with Crippen LogP contribution in [0.25, 0.3) is 0 Å². The molecule has 0 bridgehead atoms. The van der Waals surface area contributed by atoms with Gasteiger partial charge in [-0.1, -0.05) is 17.7 Å². The summed E-state index contributed by atoms with van der Waals surface area (Å²) < 4.78 is 0. The number of hydrogen-bond acceptors (Lipinski definition) is 2. The number of aryl methyl sites for hydroxylation is 1. The van der Waals surface area contributed by atoms with E-state index in [-0.39, 0.29) is 0 Å². The fourth-order valence-electron chi connectivity index (χ4n) is 0.545. The normalized spacial score (nSPS) is 6.92. The minimum Gasteiger partial charge on any atom is -0.508 e. The zero-order valence-corrected chi connectivity index (χ0v) is 7.62. The zero-order valence-electron chi connectivity index (χ0n) is 7.62. The predicted octanol–water partition coefficient (Wildman–Crippen LogP) is 2.11. The molecule has 68 valence electrons. The van der Waals surface area contributed by atoms with E-state index in [0.29, 0.717) is 5.75 Å². The largest absolute Gasteiger partial charge is 0.508 e. The average molecular weight is 168 g/mol. The van der Waals surface area contributed by atoms with Gasteiger partial charge in [0.05, 0.1) is 0 Å². The van der Waals surface area contributed by atoms with E-state index in [1.54, 1.807) is 12.1 Å². The van der Waals surface area contributed by atoms with E-state index in [1.807, 2.05) is 19.1 Å². The molecule has 0 amide bonds. The van der Waals surface area contributed by atoms with E-state index in [9.17, 15) is 0 Å². The highest BCUT2D eigenvalue weighted by atomic mass is 16.3. The first kappa shape index (κ1) is 13.3. The van der Waals surface area contributed by atoms with Crippen molar-refractivity contribution in [2.24, 2.45) is 0 Å². The fourth-order valence-corrected chi connectivity index (χ4v) is 0.545. The van der Waals surface area contributed by atoms with Crippen LogP contribution in [0.3, 0.4) is 0 Å². The highest BCUT2D eigenvalue weighted by Crippen LogP contribution is 2.07. The molecule has 0 heterocycles. The maximum absolute atomic E-state index is 8.76. The third-order valence-corrected chi connectivity index (χ3v) is 1.03.